The molecule has 1 aliphatic heterocycles. The third kappa shape index (κ3) is 4.72. The Morgan fingerprint density at radius 3 is 3.03 bits per heavy atom. The smallest absolute Gasteiger partial charge is 0.255 e. The minimum absolute atomic E-state index is 0.0310. The number of hydrogen-bond donors (Lipinski definition) is 1. The molecule has 1 atom stereocenters. The van der Waals surface area contributed by atoms with E-state index >= 15 is 0 Å². The largest absolute Gasteiger partial charge is 0.507 e. The Morgan fingerprint density at radius 1 is 1.38 bits per heavy atom. The van der Waals surface area contributed by atoms with E-state index in [0.29, 0.717) is 55.7 Å². The average Bonchev–Trinajstić information content (AvgIpc) is 3.20. The van der Waals surface area contributed by atoms with E-state index in [0.717, 1.165) is 12.8 Å². The maximum Gasteiger partial charge on any atom is 0.255 e. The Kier molecular flexibility index (Phi) is 6.80. The number of carbonyl (C=O) groups is 2. The lowest BCUT2D eigenvalue weighted by molar-refractivity contribution is 0.0718. The lowest BCUT2D eigenvalue weighted by Gasteiger charge is -2.25. The zero-order valence-electron chi connectivity index (χ0n) is 16.1. The molecule has 1 amide bonds. The van der Waals surface area contributed by atoms with Gasteiger partial charge >= 0.3 is 0 Å². The second-order valence-electron chi connectivity index (χ2n) is 6.89. The van der Waals surface area contributed by atoms with Crippen LogP contribution in [0.5, 0.6) is 11.5 Å². The zero-order valence-corrected chi connectivity index (χ0v) is 16.1. The molecule has 0 radical (unpaired) electrons. The highest BCUT2D eigenvalue weighted by Gasteiger charge is 2.30. The van der Waals surface area contributed by atoms with Crippen LogP contribution in [0.4, 0.5) is 0 Å². The predicted octanol–water partition coefficient (Wildman–Crippen LogP) is 3.13. The van der Waals surface area contributed by atoms with Crippen LogP contribution in [0.25, 0.3) is 0 Å². The van der Waals surface area contributed by atoms with Crippen molar-refractivity contribution in [3.05, 3.63) is 53.3 Å². The maximum absolute atomic E-state index is 13.1. The van der Waals surface area contributed by atoms with Gasteiger partial charge in [-0.25, -0.2) is 0 Å². The SMILES string of the molecule is N#CCCc1ncccc1C(=O)N1CCC[C@H]1CCOc1cccc(O)c1C=O. The number of nitriles is 1. The molecule has 150 valence electrons. The first kappa shape index (κ1) is 20.3. The van der Waals surface area contributed by atoms with Crippen LogP contribution in [-0.4, -0.2) is 46.4 Å². The van der Waals surface area contributed by atoms with Gasteiger partial charge in [0.2, 0.25) is 0 Å². The van der Waals surface area contributed by atoms with Crippen molar-refractivity contribution >= 4 is 12.2 Å². The molecule has 1 saturated heterocycles. The van der Waals surface area contributed by atoms with Crippen LogP contribution >= 0.6 is 0 Å². The van der Waals surface area contributed by atoms with Crippen molar-refractivity contribution in [3.63, 3.8) is 0 Å². The molecule has 7 heteroatoms. The van der Waals surface area contributed by atoms with Gasteiger partial charge in [-0.2, -0.15) is 5.26 Å². The lowest BCUT2D eigenvalue weighted by atomic mass is 10.1. The Morgan fingerprint density at radius 2 is 2.24 bits per heavy atom. The molecule has 1 aromatic heterocycles. The average molecular weight is 393 g/mol. The minimum Gasteiger partial charge on any atom is -0.507 e. The molecule has 1 aromatic carbocycles. The van der Waals surface area contributed by atoms with Crippen LogP contribution in [0.3, 0.4) is 0 Å². The number of ether oxygens (including phenoxy) is 1. The number of aldehydes is 1. The normalized spacial score (nSPS) is 15.7. The Labute approximate surface area is 169 Å². The Hall–Kier alpha value is -3.40. The number of benzene rings is 1. The summed E-state index contributed by atoms with van der Waals surface area (Å²) in [6.45, 7) is 0.995. The van der Waals surface area contributed by atoms with Gasteiger partial charge in [0, 0.05) is 38.0 Å². The van der Waals surface area contributed by atoms with Crippen molar-refractivity contribution in [2.45, 2.75) is 38.1 Å². The summed E-state index contributed by atoms with van der Waals surface area (Å²) in [5, 5.41) is 18.6. The van der Waals surface area contributed by atoms with Crippen LogP contribution < -0.4 is 4.74 Å². The number of pyridine rings is 1. The van der Waals surface area contributed by atoms with Gasteiger partial charge in [-0.1, -0.05) is 6.07 Å². The maximum atomic E-state index is 13.1. The van der Waals surface area contributed by atoms with E-state index in [1.807, 2.05) is 4.90 Å². The van der Waals surface area contributed by atoms with Crippen molar-refractivity contribution in [1.82, 2.24) is 9.88 Å². The summed E-state index contributed by atoms with van der Waals surface area (Å²) in [5.41, 5.74) is 1.33. The monoisotopic (exact) mass is 393 g/mol. The van der Waals surface area contributed by atoms with Gasteiger partial charge in [-0.05, 0) is 37.1 Å². The molecular weight excluding hydrogens is 370 g/mol. The van der Waals surface area contributed by atoms with Crippen molar-refractivity contribution in [2.24, 2.45) is 0 Å². The quantitative estimate of drug-likeness (QED) is 0.691. The second-order valence-corrected chi connectivity index (χ2v) is 6.89. The van der Waals surface area contributed by atoms with E-state index < -0.39 is 0 Å². The molecular formula is C22H23N3O4. The molecule has 3 rings (SSSR count). The fourth-order valence-electron chi connectivity index (χ4n) is 3.65. The van der Waals surface area contributed by atoms with Crippen molar-refractivity contribution in [3.8, 4) is 17.6 Å². The van der Waals surface area contributed by atoms with Crippen LogP contribution in [0.2, 0.25) is 0 Å². The summed E-state index contributed by atoms with van der Waals surface area (Å²) in [6.07, 6.45) is 5.39. The number of phenols is 1. The van der Waals surface area contributed by atoms with Gasteiger partial charge in [-0.15, -0.1) is 0 Å². The second kappa shape index (κ2) is 9.69. The molecule has 1 fully saturated rings. The highest BCUT2D eigenvalue weighted by atomic mass is 16.5. The van der Waals surface area contributed by atoms with Crippen molar-refractivity contribution in [2.75, 3.05) is 13.2 Å². The topological polar surface area (TPSA) is 104 Å². The highest BCUT2D eigenvalue weighted by Crippen LogP contribution is 2.27. The van der Waals surface area contributed by atoms with Gasteiger partial charge in [0.25, 0.3) is 5.91 Å². The number of carbonyl (C=O) groups excluding carboxylic acids is 2. The number of aromatic nitrogens is 1. The van der Waals surface area contributed by atoms with Crippen LogP contribution in [-0.2, 0) is 6.42 Å². The molecule has 2 heterocycles. The summed E-state index contributed by atoms with van der Waals surface area (Å²) in [6, 6.07) is 10.3. The number of aryl methyl sites for hydroxylation is 1. The minimum atomic E-state index is -0.114. The summed E-state index contributed by atoms with van der Waals surface area (Å²) >= 11 is 0. The van der Waals surface area contributed by atoms with E-state index in [1.54, 1.807) is 30.5 Å². The molecule has 0 spiro atoms. The first-order valence-corrected chi connectivity index (χ1v) is 9.67. The van der Waals surface area contributed by atoms with E-state index in [-0.39, 0.29) is 23.3 Å². The molecule has 29 heavy (non-hydrogen) atoms. The van der Waals surface area contributed by atoms with Gasteiger partial charge in [0.15, 0.2) is 6.29 Å². The Balaban J connectivity index is 1.65. The number of aromatic hydroxyl groups is 1. The van der Waals surface area contributed by atoms with Crippen LogP contribution in [0.1, 0.15) is 52.1 Å². The number of nitrogens with zero attached hydrogens (tertiary/aromatic N) is 3. The van der Waals surface area contributed by atoms with Gasteiger partial charge in [0.1, 0.15) is 11.5 Å². The van der Waals surface area contributed by atoms with Crippen LogP contribution in [0, 0.1) is 11.3 Å². The molecule has 0 saturated carbocycles. The molecule has 0 unspecified atom stereocenters. The third-order valence-electron chi connectivity index (χ3n) is 5.10. The summed E-state index contributed by atoms with van der Waals surface area (Å²) in [4.78, 5) is 30.4. The fraction of sp³-hybridized carbons (Fsp3) is 0.364. The first-order valence-electron chi connectivity index (χ1n) is 9.67. The molecule has 2 aromatic rings. The summed E-state index contributed by atoms with van der Waals surface area (Å²) in [5.74, 6) is 0.151. The number of hydrogen-bond acceptors (Lipinski definition) is 6. The number of amides is 1. The zero-order chi connectivity index (χ0) is 20.6. The predicted molar refractivity (Wildman–Crippen MR) is 106 cm³/mol. The summed E-state index contributed by atoms with van der Waals surface area (Å²) < 4.78 is 5.70. The van der Waals surface area contributed by atoms with E-state index in [4.69, 9.17) is 10.00 Å². The number of likely N-dealkylation sites (tertiary alicyclic amines) is 1. The summed E-state index contributed by atoms with van der Waals surface area (Å²) in [7, 11) is 0. The van der Waals surface area contributed by atoms with Gasteiger partial charge < -0.3 is 14.7 Å². The van der Waals surface area contributed by atoms with Gasteiger partial charge in [0.05, 0.1) is 29.5 Å². The molecule has 0 aliphatic carbocycles. The van der Waals surface area contributed by atoms with Crippen molar-refractivity contribution < 1.29 is 19.4 Å². The van der Waals surface area contributed by atoms with E-state index in [9.17, 15) is 14.7 Å². The molecule has 7 nitrogen and oxygen atoms in total. The fourth-order valence-corrected chi connectivity index (χ4v) is 3.65. The molecule has 1 N–H and O–H groups in total. The number of phenolic OH excluding ortho intramolecular Hbond substituents is 1. The third-order valence-corrected chi connectivity index (χ3v) is 5.10. The van der Waals surface area contributed by atoms with Gasteiger partial charge in [-0.3, -0.25) is 14.6 Å². The number of rotatable bonds is 8. The molecule has 0 bridgehead atoms. The van der Waals surface area contributed by atoms with E-state index in [1.165, 1.54) is 6.07 Å². The standard InChI is InChI=1S/C22H23N3O4/c23-11-2-7-19-17(6-3-12-24-19)22(28)25-13-4-5-16(25)10-14-29-21-9-1-8-20(27)18(21)15-26/h1,3,6,8-9,12,15-16,27H,2,4-5,7,10,13-14H2/t16-/m0/s1. The Bertz CT molecular complexity index is 923. The lowest BCUT2D eigenvalue weighted by Crippen LogP contribution is -2.37. The molecule has 1 aliphatic rings. The first-order chi connectivity index (χ1) is 14.2. The van der Waals surface area contributed by atoms with Crippen LogP contribution in [0.15, 0.2) is 36.5 Å². The highest BCUT2D eigenvalue weighted by molar-refractivity contribution is 5.95. The van der Waals surface area contributed by atoms with E-state index in [2.05, 4.69) is 11.1 Å². The van der Waals surface area contributed by atoms with Crippen molar-refractivity contribution in [1.29, 1.82) is 5.26 Å².